The smallest absolute Gasteiger partial charge is 0.341 e. The lowest BCUT2D eigenvalue weighted by atomic mass is 10.2. The highest BCUT2D eigenvalue weighted by atomic mass is 32.1. The van der Waals surface area contributed by atoms with Crippen LogP contribution in [0.3, 0.4) is 0 Å². The molecule has 0 aliphatic carbocycles. The van der Waals surface area contributed by atoms with Gasteiger partial charge in [-0.25, -0.2) is 4.79 Å². The Hall–Kier alpha value is -1.42. The van der Waals surface area contributed by atoms with Gasteiger partial charge in [0.05, 0.1) is 4.91 Å². The zero-order valence-electron chi connectivity index (χ0n) is 6.64. The van der Waals surface area contributed by atoms with Crippen LogP contribution in [0.15, 0.2) is 29.2 Å². The molecule has 0 heterocycles. The Morgan fingerprint density at radius 1 is 1.38 bits per heavy atom. The molecule has 1 aromatic rings. The first-order chi connectivity index (χ1) is 6.11. The molecule has 0 bridgehead atoms. The number of carboxylic acids is 1. The third kappa shape index (κ3) is 2.52. The van der Waals surface area contributed by atoms with E-state index in [-0.39, 0.29) is 10.7 Å². The molecule has 1 aromatic carbocycles. The summed E-state index contributed by atoms with van der Waals surface area (Å²) in [4.78, 5) is 10.3. The highest BCUT2D eigenvalue weighted by molar-refractivity contribution is 7.85. The van der Waals surface area contributed by atoms with Gasteiger partial charge in [0.1, 0.15) is 5.75 Å². The van der Waals surface area contributed by atoms with E-state index in [9.17, 15) is 9.90 Å². The molecular weight excluding hydrogens is 188 g/mol. The van der Waals surface area contributed by atoms with Crippen LogP contribution in [0.2, 0.25) is 0 Å². The van der Waals surface area contributed by atoms with Gasteiger partial charge in [-0.2, -0.15) is 0 Å². The Bertz CT molecular complexity index is 358. The summed E-state index contributed by atoms with van der Waals surface area (Å²) in [5.74, 6) is -1.08. The van der Waals surface area contributed by atoms with Gasteiger partial charge in [-0.05, 0) is 12.1 Å². The van der Waals surface area contributed by atoms with Gasteiger partial charge in [0, 0.05) is 5.56 Å². The molecule has 0 unspecified atom stereocenters. The summed E-state index contributed by atoms with van der Waals surface area (Å²) in [6, 6.07) is 6.45. The molecule has 0 aliphatic rings. The van der Waals surface area contributed by atoms with Crippen molar-refractivity contribution in [2.45, 2.75) is 0 Å². The van der Waals surface area contributed by atoms with Crippen LogP contribution in [0.4, 0.5) is 0 Å². The van der Waals surface area contributed by atoms with E-state index >= 15 is 0 Å². The van der Waals surface area contributed by atoms with Crippen molar-refractivity contribution in [1.82, 2.24) is 0 Å². The molecule has 0 aromatic heterocycles. The summed E-state index contributed by atoms with van der Waals surface area (Å²) in [5.41, 5.74) is 0.440. The molecule has 0 radical (unpaired) electrons. The number of rotatable bonds is 2. The maximum atomic E-state index is 10.4. The van der Waals surface area contributed by atoms with Crippen molar-refractivity contribution in [3.05, 3.63) is 34.7 Å². The van der Waals surface area contributed by atoms with Gasteiger partial charge < -0.3 is 10.2 Å². The largest absolute Gasteiger partial charge is 0.507 e. The minimum atomic E-state index is -1.12. The maximum absolute atomic E-state index is 10.4. The zero-order valence-corrected chi connectivity index (χ0v) is 7.53. The topological polar surface area (TPSA) is 57.5 Å². The molecule has 0 aliphatic heterocycles. The fraction of sp³-hybridized carbons (Fsp3) is 0. The van der Waals surface area contributed by atoms with E-state index < -0.39 is 5.97 Å². The molecule has 0 atom stereocenters. The molecule has 1 rings (SSSR count). The predicted octanol–water partition coefficient (Wildman–Crippen LogP) is 1.75. The Morgan fingerprint density at radius 3 is 2.54 bits per heavy atom. The number of phenols is 1. The average molecular weight is 196 g/mol. The number of carbonyl (C=O) groups is 1. The summed E-state index contributed by atoms with van der Waals surface area (Å²) in [7, 11) is 0. The Morgan fingerprint density at radius 2 is 2.00 bits per heavy atom. The Labute approximate surface area is 80.7 Å². The van der Waals surface area contributed by atoms with Gasteiger partial charge >= 0.3 is 5.97 Å². The number of thiol groups is 1. The van der Waals surface area contributed by atoms with Gasteiger partial charge in [0.25, 0.3) is 0 Å². The molecule has 0 saturated carbocycles. The van der Waals surface area contributed by atoms with Crippen molar-refractivity contribution in [3.63, 3.8) is 0 Å². The Kier molecular flexibility index (Phi) is 2.97. The number of hydrogen-bond donors (Lipinski definition) is 3. The standard InChI is InChI=1S/C9H8O3S/c10-7-4-2-1-3-6(7)5-8(13)9(11)12/h1-5,10,13H,(H,11,12)/b8-5-. The fourth-order valence-electron chi connectivity index (χ4n) is 0.819. The fourth-order valence-corrected chi connectivity index (χ4v) is 0.958. The van der Waals surface area contributed by atoms with Crippen molar-refractivity contribution in [3.8, 4) is 5.75 Å². The highest BCUT2D eigenvalue weighted by Crippen LogP contribution is 2.19. The van der Waals surface area contributed by atoms with Gasteiger partial charge in [0.2, 0.25) is 0 Å². The van der Waals surface area contributed by atoms with Crippen LogP contribution >= 0.6 is 12.6 Å². The number of phenolic OH excluding ortho intramolecular Hbond substituents is 1. The van der Waals surface area contributed by atoms with Crippen LogP contribution in [0.5, 0.6) is 5.75 Å². The second-order valence-corrected chi connectivity index (χ2v) is 2.88. The molecule has 0 saturated heterocycles. The summed E-state index contributed by atoms with van der Waals surface area (Å²) in [6.07, 6.45) is 1.29. The predicted molar refractivity (Wildman–Crippen MR) is 52.7 cm³/mol. The van der Waals surface area contributed by atoms with Crippen molar-refractivity contribution >= 4 is 24.7 Å². The van der Waals surface area contributed by atoms with Crippen LogP contribution in [-0.4, -0.2) is 16.2 Å². The molecule has 0 fully saturated rings. The third-order valence-electron chi connectivity index (χ3n) is 1.45. The number of benzene rings is 1. The van der Waals surface area contributed by atoms with E-state index in [4.69, 9.17) is 5.11 Å². The molecule has 0 spiro atoms. The summed E-state index contributed by atoms with van der Waals surface area (Å²) >= 11 is 3.73. The van der Waals surface area contributed by atoms with Gasteiger partial charge in [0.15, 0.2) is 0 Å². The van der Waals surface area contributed by atoms with E-state index in [1.807, 2.05) is 0 Å². The summed E-state index contributed by atoms with van der Waals surface area (Å²) in [5, 5.41) is 17.8. The first-order valence-corrected chi connectivity index (χ1v) is 3.98. The lowest BCUT2D eigenvalue weighted by Crippen LogP contribution is -1.93. The van der Waals surface area contributed by atoms with Gasteiger partial charge in [-0.3, -0.25) is 0 Å². The van der Waals surface area contributed by atoms with Crippen LogP contribution < -0.4 is 0 Å². The molecule has 3 nitrogen and oxygen atoms in total. The number of aromatic hydroxyl groups is 1. The van der Waals surface area contributed by atoms with Crippen molar-refractivity contribution in [2.24, 2.45) is 0 Å². The molecule has 0 amide bonds. The first-order valence-electron chi connectivity index (χ1n) is 3.53. The van der Waals surface area contributed by atoms with Crippen LogP contribution in [0.1, 0.15) is 5.56 Å². The molecule has 13 heavy (non-hydrogen) atoms. The number of hydrogen-bond acceptors (Lipinski definition) is 3. The quantitative estimate of drug-likeness (QED) is 0.499. The highest BCUT2D eigenvalue weighted by Gasteiger charge is 2.02. The molecule has 4 heteroatoms. The number of para-hydroxylation sites is 1. The Balaban J connectivity index is 3.04. The first kappa shape index (κ1) is 9.67. The number of carboxylic acid groups (broad SMARTS) is 1. The maximum Gasteiger partial charge on any atom is 0.341 e. The van der Waals surface area contributed by atoms with Crippen molar-refractivity contribution in [1.29, 1.82) is 0 Å². The van der Waals surface area contributed by atoms with Crippen LogP contribution in [-0.2, 0) is 4.79 Å². The molecule has 68 valence electrons. The van der Waals surface area contributed by atoms with Crippen LogP contribution in [0.25, 0.3) is 6.08 Å². The van der Waals surface area contributed by atoms with Crippen molar-refractivity contribution in [2.75, 3.05) is 0 Å². The zero-order chi connectivity index (χ0) is 9.84. The van der Waals surface area contributed by atoms with E-state index in [1.165, 1.54) is 12.1 Å². The van der Waals surface area contributed by atoms with Crippen molar-refractivity contribution < 1.29 is 15.0 Å². The molecule has 2 N–H and O–H groups in total. The summed E-state index contributed by atoms with van der Waals surface area (Å²) < 4.78 is 0. The lowest BCUT2D eigenvalue weighted by Gasteiger charge is -1.97. The van der Waals surface area contributed by atoms with Crippen LogP contribution in [0, 0.1) is 0 Å². The van der Waals surface area contributed by atoms with E-state index in [0.717, 1.165) is 0 Å². The minimum absolute atomic E-state index is 0.0373. The second-order valence-electron chi connectivity index (χ2n) is 2.39. The summed E-state index contributed by atoms with van der Waals surface area (Å²) in [6.45, 7) is 0. The monoisotopic (exact) mass is 196 g/mol. The van der Waals surface area contributed by atoms with E-state index in [2.05, 4.69) is 12.6 Å². The van der Waals surface area contributed by atoms with E-state index in [0.29, 0.717) is 5.56 Å². The lowest BCUT2D eigenvalue weighted by molar-refractivity contribution is -0.131. The minimum Gasteiger partial charge on any atom is -0.507 e. The van der Waals surface area contributed by atoms with E-state index in [1.54, 1.807) is 18.2 Å². The number of aliphatic carboxylic acids is 1. The second kappa shape index (κ2) is 4.00. The normalized spacial score (nSPS) is 11.3. The molecular formula is C9H8O3S. The SMILES string of the molecule is O=C(O)/C(S)=C/c1ccccc1O. The third-order valence-corrected chi connectivity index (χ3v) is 1.77. The average Bonchev–Trinajstić information content (AvgIpc) is 2.08. The van der Waals surface area contributed by atoms with Gasteiger partial charge in [-0.15, -0.1) is 12.6 Å². The van der Waals surface area contributed by atoms with Gasteiger partial charge in [-0.1, -0.05) is 18.2 Å².